The summed E-state index contributed by atoms with van der Waals surface area (Å²) in [6.45, 7) is 8.09. The number of aryl methyl sites for hydroxylation is 1. The Morgan fingerprint density at radius 2 is 1.67 bits per heavy atom. The molecular weight excluding hydrogens is 626 g/mol. The molecule has 49 heavy (non-hydrogen) atoms. The highest BCUT2D eigenvalue weighted by Gasteiger charge is 2.36. The third kappa shape index (κ3) is 7.32. The minimum absolute atomic E-state index is 0.0182. The summed E-state index contributed by atoms with van der Waals surface area (Å²) in [5.41, 5.74) is 5.41. The molecule has 1 unspecified atom stereocenters. The van der Waals surface area contributed by atoms with Gasteiger partial charge in [-0.15, -0.1) is 0 Å². The van der Waals surface area contributed by atoms with Gasteiger partial charge in [0, 0.05) is 70.0 Å². The van der Waals surface area contributed by atoms with Crippen molar-refractivity contribution in [1.29, 1.82) is 0 Å². The largest absolute Gasteiger partial charge is 0.468 e. The smallest absolute Gasteiger partial charge is 0.410 e. The first-order valence-electron chi connectivity index (χ1n) is 17.6. The number of aromatic nitrogens is 2. The van der Waals surface area contributed by atoms with Gasteiger partial charge in [-0.2, -0.15) is 4.98 Å². The Kier molecular flexibility index (Phi) is 9.90. The summed E-state index contributed by atoms with van der Waals surface area (Å²) in [6, 6.07) is 12.6. The number of para-hydroxylation sites is 1. The molecule has 13 heteroatoms. The molecule has 0 spiro atoms. The Bertz CT molecular complexity index is 1660. The van der Waals surface area contributed by atoms with Crippen LogP contribution >= 0.6 is 0 Å². The van der Waals surface area contributed by atoms with Gasteiger partial charge >= 0.3 is 12.1 Å². The van der Waals surface area contributed by atoms with E-state index < -0.39 is 12.2 Å². The number of H-pyrrole nitrogens is 1. The molecule has 0 radical (unpaired) electrons. The molecule has 3 saturated heterocycles. The summed E-state index contributed by atoms with van der Waals surface area (Å²) in [5.74, 6) is -0.163. The average Bonchev–Trinajstić information content (AvgIpc) is 3.48. The Hall–Kier alpha value is -4.36. The number of ether oxygens (including phenoxy) is 3. The maximum absolute atomic E-state index is 14.1. The van der Waals surface area contributed by atoms with Crippen LogP contribution in [-0.4, -0.2) is 132 Å². The van der Waals surface area contributed by atoms with Crippen LogP contribution in [-0.2, 0) is 27.1 Å². The number of amides is 4. The Balaban J connectivity index is 1.02. The van der Waals surface area contributed by atoms with E-state index in [1.54, 1.807) is 12.0 Å². The zero-order valence-electron chi connectivity index (χ0n) is 28.5. The van der Waals surface area contributed by atoms with E-state index in [2.05, 4.69) is 20.2 Å². The Labute approximate surface area is 286 Å². The van der Waals surface area contributed by atoms with Gasteiger partial charge in [0.2, 0.25) is 0 Å². The summed E-state index contributed by atoms with van der Waals surface area (Å²) in [4.78, 5) is 56.5. The van der Waals surface area contributed by atoms with Crippen molar-refractivity contribution in [1.82, 2.24) is 29.6 Å². The lowest BCUT2D eigenvalue weighted by Gasteiger charge is -2.41. The molecule has 2 N–H and O–H groups in total. The van der Waals surface area contributed by atoms with Gasteiger partial charge in [0.25, 0.3) is 11.9 Å². The molecule has 1 atom stereocenters. The first kappa shape index (κ1) is 33.2. The number of benzene rings is 2. The second-order valence-electron chi connectivity index (χ2n) is 13.6. The van der Waals surface area contributed by atoms with Crippen LogP contribution in [0.15, 0.2) is 36.4 Å². The van der Waals surface area contributed by atoms with Crippen molar-refractivity contribution in [3.63, 3.8) is 0 Å². The lowest BCUT2D eigenvalue weighted by atomic mass is 10.00. The van der Waals surface area contributed by atoms with Crippen molar-refractivity contribution in [2.45, 2.75) is 63.6 Å². The highest BCUT2D eigenvalue weighted by atomic mass is 16.6. The van der Waals surface area contributed by atoms with E-state index in [1.165, 1.54) is 0 Å². The van der Waals surface area contributed by atoms with E-state index in [9.17, 15) is 14.4 Å². The monoisotopic (exact) mass is 673 g/mol. The number of fused-ring (bicyclic) bond motifs is 2. The fraction of sp³-hybridized carbons (Fsp3) is 0.556. The zero-order chi connectivity index (χ0) is 33.9. The van der Waals surface area contributed by atoms with Crippen molar-refractivity contribution in [2.75, 3.05) is 71.5 Å². The molecule has 0 bridgehead atoms. The zero-order valence-corrected chi connectivity index (χ0v) is 28.5. The number of methoxy groups -OCH3 is 1. The minimum Gasteiger partial charge on any atom is -0.468 e. The number of carbonyl (C=O) groups is 3. The molecule has 7 rings (SSSR count). The fourth-order valence-corrected chi connectivity index (χ4v) is 7.84. The van der Waals surface area contributed by atoms with E-state index >= 15 is 0 Å². The number of hydrogen-bond donors (Lipinski definition) is 2. The number of rotatable bonds is 7. The SMILES string of the molecule is COc1nc2c(C)cc(CC(OC(=O)N3CCC(N4CCc5ccccc5NC4=O)CC3)C(=O)N3CCC(N4CCOCC4)CC3)cc2[nH]1. The number of anilines is 1. The molecule has 4 aliphatic heterocycles. The third-order valence-corrected chi connectivity index (χ3v) is 10.6. The Morgan fingerprint density at radius 3 is 2.43 bits per heavy atom. The number of urea groups is 1. The molecule has 1 aromatic heterocycles. The average molecular weight is 674 g/mol. The van der Waals surface area contributed by atoms with Crippen LogP contribution in [0.4, 0.5) is 15.3 Å². The Morgan fingerprint density at radius 1 is 0.959 bits per heavy atom. The number of likely N-dealkylation sites (tertiary alicyclic amines) is 2. The quantitative estimate of drug-likeness (QED) is 0.387. The fourth-order valence-electron chi connectivity index (χ4n) is 7.84. The summed E-state index contributed by atoms with van der Waals surface area (Å²) in [5, 5.41) is 3.06. The number of nitrogens with zero attached hydrogens (tertiary/aromatic N) is 5. The summed E-state index contributed by atoms with van der Waals surface area (Å²) < 4.78 is 17.0. The van der Waals surface area contributed by atoms with Gasteiger partial charge in [0.05, 0.1) is 31.4 Å². The molecule has 2 aromatic carbocycles. The standard InChI is InChI=1S/C36H47N7O6/c1-24-21-25(22-30-32(24)39-34(37-30)47-2)23-31(33(44)41-12-8-27(9-13-41)40-17-19-48-20-18-40)49-36(46)42-14-10-28(11-15-42)43-16-7-26-5-3-4-6-29(26)38-35(43)45/h3-6,21-22,27-28,31H,7-20,23H2,1-2H3,(H,37,39)(H,38,45). The first-order chi connectivity index (χ1) is 23.9. The molecular formula is C36H47N7O6. The van der Waals surface area contributed by atoms with Crippen molar-refractivity contribution in [2.24, 2.45) is 0 Å². The molecule has 4 amide bonds. The number of carbonyl (C=O) groups excluding carboxylic acids is 3. The predicted molar refractivity (Wildman–Crippen MR) is 184 cm³/mol. The number of hydrogen-bond acceptors (Lipinski definition) is 8. The molecule has 0 aliphatic carbocycles. The van der Waals surface area contributed by atoms with Crippen LogP contribution in [0.3, 0.4) is 0 Å². The van der Waals surface area contributed by atoms with Crippen LogP contribution in [0.25, 0.3) is 11.0 Å². The van der Waals surface area contributed by atoms with Gasteiger partial charge in [-0.1, -0.05) is 24.3 Å². The maximum atomic E-state index is 14.1. The van der Waals surface area contributed by atoms with E-state index in [0.717, 1.165) is 79.0 Å². The van der Waals surface area contributed by atoms with Crippen LogP contribution in [0, 0.1) is 6.92 Å². The molecule has 5 heterocycles. The number of piperidine rings is 2. The summed E-state index contributed by atoms with van der Waals surface area (Å²) in [6.07, 6.45) is 2.62. The van der Waals surface area contributed by atoms with Gasteiger partial charge in [0.15, 0.2) is 6.10 Å². The van der Waals surface area contributed by atoms with E-state index in [4.69, 9.17) is 14.2 Å². The van der Waals surface area contributed by atoms with Crippen LogP contribution in [0.1, 0.15) is 42.4 Å². The van der Waals surface area contributed by atoms with E-state index in [-0.39, 0.29) is 24.4 Å². The number of morpholine rings is 1. The third-order valence-electron chi connectivity index (χ3n) is 10.6. The van der Waals surface area contributed by atoms with Gasteiger partial charge in [-0.25, -0.2) is 9.59 Å². The number of aromatic amines is 1. The molecule has 262 valence electrons. The molecule has 4 aliphatic rings. The topological polar surface area (TPSA) is 133 Å². The minimum atomic E-state index is -0.971. The van der Waals surface area contributed by atoms with Gasteiger partial charge in [-0.3, -0.25) is 9.69 Å². The lowest BCUT2D eigenvalue weighted by Crippen LogP contribution is -2.53. The number of nitrogens with one attached hydrogen (secondary N) is 2. The van der Waals surface area contributed by atoms with Crippen molar-refractivity contribution < 1.29 is 28.6 Å². The van der Waals surface area contributed by atoms with Crippen LogP contribution < -0.4 is 10.1 Å². The van der Waals surface area contributed by atoms with E-state index in [0.29, 0.717) is 57.6 Å². The van der Waals surface area contributed by atoms with Crippen molar-refractivity contribution >= 4 is 34.8 Å². The van der Waals surface area contributed by atoms with E-state index in [1.807, 2.05) is 53.1 Å². The second kappa shape index (κ2) is 14.6. The molecule has 3 fully saturated rings. The van der Waals surface area contributed by atoms with Crippen LogP contribution in [0.2, 0.25) is 0 Å². The normalized spacial score (nSPS) is 20.4. The van der Waals surface area contributed by atoms with Crippen molar-refractivity contribution in [3.8, 4) is 6.01 Å². The van der Waals surface area contributed by atoms with Gasteiger partial charge in [-0.05, 0) is 67.9 Å². The highest BCUT2D eigenvalue weighted by molar-refractivity contribution is 5.91. The molecule has 0 saturated carbocycles. The van der Waals surface area contributed by atoms with Crippen LogP contribution in [0.5, 0.6) is 6.01 Å². The van der Waals surface area contributed by atoms with Gasteiger partial charge < -0.3 is 39.2 Å². The lowest BCUT2D eigenvalue weighted by molar-refractivity contribution is -0.142. The number of imidazole rings is 1. The molecule has 3 aromatic rings. The summed E-state index contributed by atoms with van der Waals surface area (Å²) in [7, 11) is 1.56. The highest BCUT2D eigenvalue weighted by Crippen LogP contribution is 2.27. The predicted octanol–water partition coefficient (Wildman–Crippen LogP) is 3.81. The first-order valence-corrected chi connectivity index (χ1v) is 17.6. The maximum Gasteiger partial charge on any atom is 0.410 e. The van der Waals surface area contributed by atoms with Crippen molar-refractivity contribution in [3.05, 3.63) is 53.1 Å². The second-order valence-corrected chi connectivity index (χ2v) is 13.6. The van der Waals surface area contributed by atoms with Gasteiger partial charge in [0.1, 0.15) is 0 Å². The summed E-state index contributed by atoms with van der Waals surface area (Å²) >= 11 is 0. The molecule has 13 nitrogen and oxygen atoms in total.